The molecular formula is C7H5NO5. The van der Waals surface area contributed by atoms with Gasteiger partial charge in [0.1, 0.15) is 11.3 Å². The van der Waals surface area contributed by atoms with Crippen molar-refractivity contribution >= 4 is 11.7 Å². The number of aromatic hydroxyl groups is 1. The van der Waals surface area contributed by atoms with Crippen molar-refractivity contribution in [2.24, 2.45) is 0 Å². The molecule has 68 valence electrons. The van der Waals surface area contributed by atoms with Gasteiger partial charge in [0.15, 0.2) is 0 Å². The largest absolute Gasteiger partial charge is 0.507 e. The molecule has 0 radical (unpaired) electrons. The van der Waals surface area contributed by atoms with E-state index in [0.717, 1.165) is 18.2 Å². The van der Waals surface area contributed by atoms with Crippen molar-refractivity contribution in [2.75, 3.05) is 0 Å². The zero-order valence-corrected chi connectivity index (χ0v) is 6.30. The van der Waals surface area contributed by atoms with Gasteiger partial charge in [-0.3, -0.25) is 10.1 Å². The van der Waals surface area contributed by atoms with E-state index in [1.54, 1.807) is 0 Å². The van der Waals surface area contributed by atoms with Gasteiger partial charge in [0.05, 0.1) is 4.92 Å². The molecule has 1 aromatic carbocycles. The van der Waals surface area contributed by atoms with Crippen LogP contribution in [-0.2, 0) is 0 Å². The van der Waals surface area contributed by atoms with E-state index in [1.165, 1.54) is 0 Å². The van der Waals surface area contributed by atoms with Crippen LogP contribution in [0.4, 0.5) is 5.69 Å². The topological polar surface area (TPSA) is 101 Å². The third kappa shape index (κ3) is 1.73. The Bertz CT molecular complexity index is 373. The van der Waals surface area contributed by atoms with Crippen molar-refractivity contribution < 1.29 is 19.9 Å². The average Bonchev–Trinajstić information content (AvgIpc) is 2.04. The van der Waals surface area contributed by atoms with Crippen LogP contribution in [0.15, 0.2) is 18.2 Å². The molecule has 13 heavy (non-hydrogen) atoms. The molecule has 2 N–H and O–H groups in total. The van der Waals surface area contributed by atoms with E-state index >= 15 is 0 Å². The molecule has 0 aliphatic rings. The second-order valence-electron chi connectivity index (χ2n) is 2.26. The Morgan fingerprint density at radius 1 is 1.46 bits per heavy atom. The Balaban J connectivity index is 3.27. The summed E-state index contributed by atoms with van der Waals surface area (Å²) in [4.78, 5) is 19.9. The Labute approximate surface area is 72.2 Å². The van der Waals surface area contributed by atoms with Crippen LogP contribution in [0.5, 0.6) is 5.75 Å². The minimum atomic E-state index is -1.40. The number of benzene rings is 1. The molecular weight excluding hydrogens is 184 g/mol. The lowest BCUT2D eigenvalue weighted by Gasteiger charge is -1.97. The van der Waals surface area contributed by atoms with E-state index in [2.05, 4.69) is 0 Å². The van der Waals surface area contributed by atoms with E-state index in [1.807, 2.05) is 0 Å². The van der Waals surface area contributed by atoms with Gasteiger partial charge in [0.2, 0.25) is 0 Å². The van der Waals surface area contributed by atoms with Crippen LogP contribution >= 0.6 is 0 Å². The molecule has 0 aliphatic carbocycles. The molecule has 0 aromatic heterocycles. The van der Waals surface area contributed by atoms with Gasteiger partial charge in [-0.1, -0.05) is 0 Å². The lowest BCUT2D eigenvalue weighted by Crippen LogP contribution is -1.98. The van der Waals surface area contributed by atoms with Crippen molar-refractivity contribution in [2.45, 2.75) is 0 Å². The first-order valence-electron chi connectivity index (χ1n) is 3.23. The molecule has 1 aromatic rings. The summed E-state index contributed by atoms with van der Waals surface area (Å²) in [5.74, 6) is -1.89. The summed E-state index contributed by atoms with van der Waals surface area (Å²) in [6.45, 7) is 0. The van der Waals surface area contributed by atoms with E-state index in [4.69, 9.17) is 10.2 Å². The molecule has 6 nitrogen and oxygen atoms in total. The third-order valence-electron chi connectivity index (χ3n) is 1.42. The number of nitro benzene ring substituents is 1. The first-order chi connectivity index (χ1) is 6.02. The monoisotopic (exact) mass is 189 g/mol. The highest BCUT2D eigenvalue weighted by atomic mass is 16.6. The van der Waals surface area contributed by atoms with Crippen molar-refractivity contribution in [1.82, 2.24) is 0 Å². The Hall–Kier alpha value is -2.11. The number of carboxylic acid groups (broad SMARTS) is 1. The molecule has 1 rings (SSSR count). The Morgan fingerprint density at radius 2 is 2.08 bits per heavy atom. The van der Waals surface area contributed by atoms with Crippen LogP contribution in [0.25, 0.3) is 0 Å². The summed E-state index contributed by atoms with van der Waals surface area (Å²) >= 11 is 0. The molecule has 0 saturated heterocycles. The maximum Gasteiger partial charge on any atom is 0.339 e. The predicted molar refractivity (Wildman–Crippen MR) is 41.7 cm³/mol. The summed E-state index contributed by atoms with van der Waals surface area (Å²) in [5, 5.41) is 27.7. The first kappa shape index (κ1) is 8.98. The average molecular weight is 189 g/mol. The molecule has 6 heteroatoms. The van der Waals surface area contributed by atoms with Crippen LogP contribution in [0.3, 0.4) is 0 Å². The van der Waals surface area contributed by atoms with Crippen molar-refractivity contribution in [3.63, 3.8) is 0 Å². The maximum atomic E-state index is 10.4. The van der Waals surface area contributed by atoms with Gasteiger partial charge in [0.25, 0.3) is 5.69 Å². The van der Waals surface area contributed by atoms with E-state index < -0.39 is 22.2 Å². The number of phenols is 1. The Morgan fingerprint density at radius 3 is 2.54 bits per heavy atom. The molecule has 0 amide bonds. The van der Waals surface area contributed by atoms with Gasteiger partial charge in [0, 0.05) is 12.1 Å². The molecule has 0 bridgehead atoms. The molecule has 0 saturated carbocycles. The summed E-state index contributed by atoms with van der Waals surface area (Å²) in [6, 6.07) is 2.81. The molecule has 0 unspecified atom stereocenters. The normalized spacial score (nSPS) is 9.54. The van der Waals surface area contributed by atoms with Crippen molar-refractivity contribution in [3.8, 4) is 5.75 Å². The second kappa shape index (κ2) is 3.10. The number of non-ortho nitro benzene ring substituents is 1. The molecule has 0 aliphatic heterocycles. The van der Waals surface area contributed by atoms with Crippen LogP contribution in [0.1, 0.15) is 10.4 Å². The lowest BCUT2D eigenvalue weighted by molar-refractivity contribution is -0.384. The predicted octanol–water partition coefficient (Wildman–Crippen LogP) is 0.999. The van der Waals surface area contributed by atoms with Crippen LogP contribution in [-0.4, -0.2) is 21.1 Å². The van der Waals surface area contributed by atoms with Gasteiger partial charge >= 0.3 is 5.97 Å². The van der Waals surface area contributed by atoms with Crippen molar-refractivity contribution in [3.05, 3.63) is 33.9 Å². The number of carboxylic acids is 1. The number of hydrogen-bond donors (Lipinski definition) is 2. The summed E-state index contributed by atoms with van der Waals surface area (Å²) in [6.07, 6.45) is 0. The van der Waals surface area contributed by atoms with Gasteiger partial charge < -0.3 is 10.2 Å². The van der Waals surface area contributed by atoms with Gasteiger partial charge in [-0.2, -0.15) is 0 Å². The summed E-state index contributed by atoms with van der Waals surface area (Å²) in [5.41, 5.74) is -0.843. The van der Waals surface area contributed by atoms with Crippen LogP contribution in [0.2, 0.25) is 0 Å². The number of carbonyl (C=O) groups is 1. The SMILES string of the molecule is O=C(O)[13c]1[13cH][13c]([N+](=O)[O-])[13cH][13cH][13c]1O. The number of nitrogens with zero attached hydrogens (tertiary/aromatic N) is 1. The second-order valence-corrected chi connectivity index (χ2v) is 2.26. The molecule has 0 fully saturated rings. The molecule has 0 atom stereocenters. The maximum absolute atomic E-state index is 10.4. The molecule has 0 heterocycles. The fourth-order valence-corrected chi connectivity index (χ4v) is 0.809. The van der Waals surface area contributed by atoms with E-state index in [-0.39, 0.29) is 5.69 Å². The van der Waals surface area contributed by atoms with E-state index in [9.17, 15) is 14.9 Å². The van der Waals surface area contributed by atoms with Crippen LogP contribution < -0.4 is 0 Å². The number of aromatic carboxylic acids is 1. The zero-order chi connectivity index (χ0) is 10.0. The third-order valence-corrected chi connectivity index (χ3v) is 1.42. The van der Waals surface area contributed by atoms with Gasteiger partial charge in [-0.15, -0.1) is 0 Å². The lowest BCUT2D eigenvalue weighted by atomic mass is 10.9. The van der Waals surface area contributed by atoms with Gasteiger partial charge in [-0.05, 0) is 6.07 Å². The standard InChI is InChI=1S/C7H5NO5/c9-6-2-1-4(8(12)13)3-5(6)7(10)11/h1-3,9H,(H,10,11)/i1+1,2+1,3+1,4+1,5+1,6+1. The Kier molecular flexibility index (Phi) is 2.14. The first-order valence-corrected chi connectivity index (χ1v) is 3.23. The summed E-state index contributed by atoms with van der Waals surface area (Å²) in [7, 11) is 0. The summed E-state index contributed by atoms with van der Waals surface area (Å²) < 4.78 is 0. The minimum absolute atomic E-state index is 0.366. The highest BCUT2D eigenvalue weighted by Crippen LogP contribution is 2.22. The van der Waals surface area contributed by atoms with Gasteiger partial charge in [-0.25, -0.2) is 4.79 Å². The minimum Gasteiger partial charge on any atom is -0.507 e. The fourth-order valence-electron chi connectivity index (χ4n) is 0.809. The van der Waals surface area contributed by atoms with E-state index in [0.29, 0.717) is 0 Å². The molecule has 0 spiro atoms. The highest BCUT2D eigenvalue weighted by molar-refractivity contribution is 5.91. The highest BCUT2D eigenvalue weighted by Gasteiger charge is 2.14. The fraction of sp³-hybridized carbons (Fsp3) is 0. The quantitative estimate of drug-likeness (QED) is 0.533. The smallest absolute Gasteiger partial charge is 0.339 e. The number of hydrogen-bond acceptors (Lipinski definition) is 4. The van der Waals surface area contributed by atoms with Crippen LogP contribution in [0, 0.1) is 10.1 Å². The number of nitro groups is 1. The zero-order valence-electron chi connectivity index (χ0n) is 6.30. The van der Waals surface area contributed by atoms with Crippen molar-refractivity contribution in [1.29, 1.82) is 0 Å². The number of rotatable bonds is 2.